The van der Waals surface area contributed by atoms with Crippen LogP contribution in [0.15, 0.2) is 40.2 Å². The minimum absolute atomic E-state index is 0.151. The molecular weight excluding hydrogens is 328 g/mol. The Morgan fingerprint density at radius 2 is 2.21 bits per heavy atom. The summed E-state index contributed by atoms with van der Waals surface area (Å²) in [5, 5.41) is 16.2. The first kappa shape index (κ1) is 14.2. The van der Waals surface area contributed by atoms with Gasteiger partial charge in [-0.15, -0.1) is 11.3 Å². The fourth-order valence-electron chi connectivity index (χ4n) is 1.75. The lowest BCUT2D eigenvalue weighted by molar-refractivity contribution is -0.385. The second-order valence-electron chi connectivity index (χ2n) is 4.04. The van der Waals surface area contributed by atoms with Crippen molar-refractivity contribution in [3.8, 4) is 0 Å². The smallest absolute Gasteiger partial charge is 0.275 e. The topological polar surface area (TPSA) is 55.2 Å². The Morgan fingerprint density at radius 1 is 1.37 bits per heavy atom. The molecule has 4 nitrogen and oxygen atoms in total. The first-order chi connectivity index (χ1) is 9.16. The van der Waals surface area contributed by atoms with E-state index >= 15 is 0 Å². The predicted octanol–water partition coefficient (Wildman–Crippen LogP) is 3.75. The average Bonchev–Trinajstić information content (AvgIpc) is 2.89. The summed E-state index contributed by atoms with van der Waals surface area (Å²) in [5.74, 6) is 0. The molecule has 100 valence electrons. The van der Waals surface area contributed by atoms with Gasteiger partial charge in [-0.25, -0.2) is 0 Å². The standard InChI is InChI=1S/C13H13BrN2O2S/c14-11-4-3-10(13(8-11)16(17)18)9-15-6-5-12-2-1-7-19-12/h1-4,7-8,15H,5-6,9H2. The first-order valence-electron chi connectivity index (χ1n) is 5.83. The third-order valence-corrected chi connectivity index (χ3v) is 4.12. The van der Waals surface area contributed by atoms with E-state index < -0.39 is 0 Å². The van der Waals surface area contributed by atoms with E-state index in [1.807, 2.05) is 12.1 Å². The highest BCUT2D eigenvalue weighted by Gasteiger charge is 2.13. The number of hydrogen-bond donors (Lipinski definition) is 1. The van der Waals surface area contributed by atoms with Gasteiger partial charge in [0.25, 0.3) is 5.69 Å². The Morgan fingerprint density at radius 3 is 2.89 bits per heavy atom. The molecular formula is C13H13BrN2O2S. The number of hydrogen-bond acceptors (Lipinski definition) is 4. The lowest BCUT2D eigenvalue weighted by atomic mass is 10.2. The van der Waals surface area contributed by atoms with Crippen molar-refractivity contribution in [2.24, 2.45) is 0 Å². The van der Waals surface area contributed by atoms with Gasteiger partial charge in [0.1, 0.15) is 0 Å². The quantitative estimate of drug-likeness (QED) is 0.495. The molecule has 1 N–H and O–H groups in total. The molecule has 2 rings (SSSR count). The monoisotopic (exact) mass is 340 g/mol. The van der Waals surface area contributed by atoms with Gasteiger partial charge in [0.15, 0.2) is 0 Å². The van der Waals surface area contributed by atoms with Crippen LogP contribution in [0.2, 0.25) is 0 Å². The minimum atomic E-state index is -0.346. The summed E-state index contributed by atoms with van der Waals surface area (Å²) in [6.45, 7) is 1.32. The zero-order valence-electron chi connectivity index (χ0n) is 10.1. The molecule has 1 aromatic carbocycles. The Hall–Kier alpha value is -1.24. The molecule has 1 heterocycles. The molecule has 0 spiro atoms. The molecule has 0 atom stereocenters. The van der Waals surface area contributed by atoms with E-state index in [9.17, 15) is 10.1 Å². The Labute approximate surface area is 123 Å². The highest BCUT2D eigenvalue weighted by molar-refractivity contribution is 9.10. The number of nitro benzene ring substituents is 1. The van der Waals surface area contributed by atoms with Crippen LogP contribution in [-0.4, -0.2) is 11.5 Å². The molecule has 1 aromatic heterocycles. The summed E-state index contributed by atoms with van der Waals surface area (Å²) in [6, 6.07) is 9.26. The van der Waals surface area contributed by atoms with Crippen molar-refractivity contribution >= 4 is 33.0 Å². The molecule has 0 aliphatic carbocycles. The molecule has 0 saturated carbocycles. The van der Waals surface area contributed by atoms with Crippen molar-refractivity contribution in [3.63, 3.8) is 0 Å². The molecule has 0 bridgehead atoms. The number of nitro groups is 1. The van der Waals surface area contributed by atoms with Gasteiger partial charge in [0, 0.05) is 34.1 Å². The van der Waals surface area contributed by atoms with Gasteiger partial charge in [-0.2, -0.15) is 0 Å². The number of nitrogens with one attached hydrogen (secondary N) is 1. The van der Waals surface area contributed by atoms with Crippen molar-refractivity contribution in [1.29, 1.82) is 0 Å². The van der Waals surface area contributed by atoms with E-state index in [1.165, 1.54) is 10.9 Å². The Balaban J connectivity index is 1.90. The maximum Gasteiger partial charge on any atom is 0.275 e. The van der Waals surface area contributed by atoms with Gasteiger partial charge >= 0.3 is 0 Å². The summed E-state index contributed by atoms with van der Waals surface area (Å²) >= 11 is 4.97. The van der Waals surface area contributed by atoms with Crippen LogP contribution in [0.25, 0.3) is 0 Å². The van der Waals surface area contributed by atoms with Crippen molar-refractivity contribution in [1.82, 2.24) is 5.32 Å². The van der Waals surface area contributed by atoms with Crippen molar-refractivity contribution in [3.05, 3.63) is 60.7 Å². The van der Waals surface area contributed by atoms with Crippen molar-refractivity contribution in [2.75, 3.05) is 6.54 Å². The molecule has 0 radical (unpaired) electrons. The molecule has 0 aliphatic heterocycles. The maximum absolute atomic E-state index is 11.0. The van der Waals surface area contributed by atoms with Crippen LogP contribution in [0.5, 0.6) is 0 Å². The van der Waals surface area contributed by atoms with E-state index in [1.54, 1.807) is 17.4 Å². The molecule has 0 saturated heterocycles. The van der Waals surface area contributed by atoms with Crippen molar-refractivity contribution < 1.29 is 4.92 Å². The Bertz CT molecular complexity index is 558. The van der Waals surface area contributed by atoms with Crippen LogP contribution in [0.4, 0.5) is 5.69 Å². The molecule has 6 heteroatoms. The highest BCUT2D eigenvalue weighted by Crippen LogP contribution is 2.23. The van der Waals surface area contributed by atoms with E-state index in [4.69, 9.17) is 0 Å². The molecule has 19 heavy (non-hydrogen) atoms. The van der Waals surface area contributed by atoms with Gasteiger partial charge < -0.3 is 5.32 Å². The fourth-order valence-corrected chi connectivity index (χ4v) is 2.80. The zero-order chi connectivity index (χ0) is 13.7. The van der Waals surface area contributed by atoms with Crippen molar-refractivity contribution in [2.45, 2.75) is 13.0 Å². The number of benzene rings is 1. The van der Waals surface area contributed by atoms with Crippen LogP contribution in [-0.2, 0) is 13.0 Å². The summed E-state index contributed by atoms with van der Waals surface area (Å²) in [6.07, 6.45) is 0.946. The Kier molecular flexibility index (Phi) is 5.07. The summed E-state index contributed by atoms with van der Waals surface area (Å²) < 4.78 is 0.724. The van der Waals surface area contributed by atoms with Gasteiger partial charge in [-0.3, -0.25) is 10.1 Å². The fraction of sp³-hybridized carbons (Fsp3) is 0.231. The second kappa shape index (κ2) is 6.79. The van der Waals surface area contributed by atoms with Crippen LogP contribution >= 0.6 is 27.3 Å². The minimum Gasteiger partial charge on any atom is -0.312 e. The molecule has 2 aromatic rings. The van der Waals surface area contributed by atoms with Gasteiger partial charge in [-0.1, -0.05) is 22.0 Å². The van der Waals surface area contributed by atoms with Crippen LogP contribution in [0.1, 0.15) is 10.4 Å². The second-order valence-corrected chi connectivity index (χ2v) is 5.98. The van der Waals surface area contributed by atoms with Gasteiger partial charge in [0.05, 0.1) is 4.92 Å². The number of rotatable bonds is 6. The third-order valence-electron chi connectivity index (χ3n) is 2.69. The molecule has 0 aliphatic rings. The average molecular weight is 341 g/mol. The van der Waals surface area contributed by atoms with E-state index in [-0.39, 0.29) is 10.6 Å². The van der Waals surface area contributed by atoms with E-state index in [0.717, 1.165) is 17.4 Å². The third kappa shape index (κ3) is 4.12. The van der Waals surface area contributed by atoms with Crippen LogP contribution in [0.3, 0.4) is 0 Å². The number of nitrogens with zero attached hydrogens (tertiary/aromatic N) is 1. The first-order valence-corrected chi connectivity index (χ1v) is 7.50. The largest absolute Gasteiger partial charge is 0.312 e. The predicted molar refractivity (Wildman–Crippen MR) is 80.5 cm³/mol. The lowest BCUT2D eigenvalue weighted by Gasteiger charge is -2.05. The zero-order valence-corrected chi connectivity index (χ0v) is 12.5. The highest BCUT2D eigenvalue weighted by atomic mass is 79.9. The van der Waals surface area contributed by atoms with Gasteiger partial charge in [0.2, 0.25) is 0 Å². The van der Waals surface area contributed by atoms with E-state index in [2.05, 4.69) is 32.7 Å². The maximum atomic E-state index is 11.0. The summed E-state index contributed by atoms with van der Waals surface area (Å²) in [4.78, 5) is 11.9. The van der Waals surface area contributed by atoms with Crippen LogP contribution in [0, 0.1) is 10.1 Å². The number of thiophene rings is 1. The van der Waals surface area contributed by atoms with Crippen LogP contribution < -0.4 is 5.32 Å². The van der Waals surface area contributed by atoms with E-state index in [0.29, 0.717) is 12.1 Å². The summed E-state index contributed by atoms with van der Waals surface area (Å²) in [7, 11) is 0. The summed E-state index contributed by atoms with van der Waals surface area (Å²) in [5.41, 5.74) is 0.859. The molecule has 0 amide bonds. The normalized spacial score (nSPS) is 10.6. The van der Waals surface area contributed by atoms with Gasteiger partial charge in [-0.05, 0) is 30.0 Å². The molecule has 0 fully saturated rings. The SMILES string of the molecule is O=[N+]([O-])c1cc(Br)ccc1CNCCc1cccs1. The molecule has 0 unspecified atom stereocenters. The number of halogens is 1. The lowest BCUT2D eigenvalue weighted by Crippen LogP contribution is -2.17.